The van der Waals surface area contributed by atoms with Crippen LogP contribution in [0, 0.1) is 5.41 Å². The molecule has 0 atom stereocenters. The molecule has 2 heterocycles. The maximum Gasteiger partial charge on any atom is 0.508 e. The lowest BCUT2D eigenvalue weighted by atomic mass is 9.91. The predicted molar refractivity (Wildman–Crippen MR) is 60.8 cm³/mol. The van der Waals surface area contributed by atoms with Crippen LogP contribution in [0.4, 0.5) is 4.79 Å². The van der Waals surface area contributed by atoms with E-state index in [2.05, 4.69) is 0 Å². The summed E-state index contributed by atoms with van der Waals surface area (Å²) in [6, 6.07) is 9.75. The standard InChI is InChI=1S/C13H14O5/c14-12-17-8-13(9-18-12)6-15-11(16-7-13)10-4-2-1-3-5-10/h1-5,11H,6-9H2. The average molecular weight is 250 g/mol. The molecule has 0 bridgehead atoms. The van der Waals surface area contributed by atoms with Crippen LogP contribution in [-0.2, 0) is 18.9 Å². The zero-order valence-corrected chi connectivity index (χ0v) is 9.83. The summed E-state index contributed by atoms with van der Waals surface area (Å²) in [4.78, 5) is 10.8. The Bertz CT molecular complexity index is 410. The first-order chi connectivity index (χ1) is 8.77. The van der Waals surface area contributed by atoms with Gasteiger partial charge in [0.15, 0.2) is 6.29 Å². The summed E-state index contributed by atoms with van der Waals surface area (Å²) in [5, 5.41) is 0. The van der Waals surface area contributed by atoms with Gasteiger partial charge in [0.05, 0.1) is 18.6 Å². The minimum Gasteiger partial charge on any atom is -0.433 e. The smallest absolute Gasteiger partial charge is 0.433 e. The Labute approximate surface area is 105 Å². The normalized spacial score (nSPS) is 23.4. The van der Waals surface area contributed by atoms with Crippen molar-refractivity contribution in [3.8, 4) is 0 Å². The Morgan fingerprint density at radius 3 is 2.17 bits per heavy atom. The molecule has 0 N–H and O–H groups in total. The zero-order chi connectivity index (χ0) is 12.4. The van der Waals surface area contributed by atoms with Gasteiger partial charge < -0.3 is 18.9 Å². The van der Waals surface area contributed by atoms with Gasteiger partial charge in [-0.25, -0.2) is 4.79 Å². The molecule has 0 unspecified atom stereocenters. The van der Waals surface area contributed by atoms with Gasteiger partial charge in [0.2, 0.25) is 0 Å². The molecule has 3 rings (SSSR count). The number of cyclic esters (lactones) is 2. The average Bonchev–Trinajstić information content (AvgIpc) is 2.44. The van der Waals surface area contributed by atoms with E-state index in [1.165, 1.54) is 0 Å². The van der Waals surface area contributed by atoms with Crippen molar-refractivity contribution in [1.29, 1.82) is 0 Å². The van der Waals surface area contributed by atoms with Crippen molar-refractivity contribution in [3.63, 3.8) is 0 Å². The molecule has 5 heteroatoms. The summed E-state index contributed by atoms with van der Waals surface area (Å²) in [6.45, 7) is 1.49. The molecule has 2 aliphatic heterocycles. The van der Waals surface area contributed by atoms with E-state index in [0.717, 1.165) is 5.56 Å². The largest absolute Gasteiger partial charge is 0.508 e. The Kier molecular flexibility index (Phi) is 2.93. The van der Waals surface area contributed by atoms with Gasteiger partial charge in [-0.05, 0) is 0 Å². The lowest BCUT2D eigenvalue weighted by Gasteiger charge is -2.40. The second-order valence-corrected chi connectivity index (χ2v) is 4.69. The number of carbonyl (C=O) groups excluding carboxylic acids is 1. The lowest BCUT2D eigenvalue weighted by molar-refractivity contribution is -0.258. The third-order valence-electron chi connectivity index (χ3n) is 3.15. The van der Waals surface area contributed by atoms with Crippen molar-refractivity contribution < 1.29 is 23.7 Å². The van der Waals surface area contributed by atoms with Crippen LogP contribution in [0.1, 0.15) is 11.9 Å². The van der Waals surface area contributed by atoms with E-state index < -0.39 is 6.16 Å². The van der Waals surface area contributed by atoms with Crippen molar-refractivity contribution in [1.82, 2.24) is 0 Å². The van der Waals surface area contributed by atoms with Crippen LogP contribution in [0.2, 0.25) is 0 Å². The molecule has 0 aliphatic carbocycles. The number of hydrogen-bond donors (Lipinski definition) is 0. The Morgan fingerprint density at radius 1 is 0.944 bits per heavy atom. The minimum absolute atomic E-state index is 0.285. The van der Waals surface area contributed by atoms with Crippen LogP contribution in [0.5, 0.6) is 0 Å². The maximum atomic E-state index is 10.8. The molecule has 18 heavy (non-hydrogen) atoms. The van der Waals surface area contributed by atoms with Crippen LogP contribution in [0.25, 0.3) is 0 Å². The van der Waals surface area contributed by atoms with Crippen LogP contribution >= 0.6 is 0 Å². The second kappa shape index (κ2) is 4.59. The molecular weight excluding hydrogens is 236 g/mol. The van der Waals surface area contributed by atoms with E-state index in [0.29, 0.717) is 13.2 Å². The second-order valence-electron chi connectivity index (χ2n) is 4.69. The Balaban J connectivity index is 1.63. The van der Waals surface area contributed by atoms with Gasteiger partial charge >= 0.3 is 6.16 Å². The van der Waals surface area contributed by atoms with E-state index in [9.17, 15) is 4.79 Å². The summed E-state index contributed by atoms with van der Waals surface area (Å²) >= 11 is 0. The molecule has 0 aromatic heterocycles. The fourth-order valence-corrected chi connectivity index (χ4v) is 2.07. The highest BCUT2D eigenvalue weighted by molar-refractivity contribution is 5.60. The topological polar surface area (TPSA) is 54.0 Å². The first-order valence-electron chi connectivity index (χ1n) is 5.85. The Morgan fingerprint density at radius 2 is 1.56 bits per heavy atom. The first-order valence-corrected chi connectivity index (χ1v) is 5.85. The number of benzene rings is 1. The van der Waals surface area contributed by atoms with Gasteiger partial charge in [-0.3, -0.25) is 0 Å². The zero-order valence-electron chi connectivity index (χ0n) is 9.83. The molecule has 1 aromatic rings. The minimum atomic E-state index is -0.620. The summed E-state index contributed by atoms with van der Waals surface area (Å²) < 4.78 is 21.2. The summed E-state index contributed by atoms with van der Waals surface area (Å²) in [5.41, 5.74) is 0.625. The third kappa shape index (κ3) is 2.19. The molecule has 2 fully saturated rings. The molecule has 0 amide bonds. The molecule has 2 aliphatic rings. The van der Waals surface area contributed by atoms with Crippen LogP contribution in [0.15, 0.2) is 30.3 Å². The molecule has 2 saturated heterocycles. The summed E-state index contributed by atoms with van der Waals surface area (Å²) in [7, 11) is 0. The van der Waals surface area contributed by atoms with Crippen molar-refractivity contribution >= 4 is 6.16 Å². The van der Waals surface area contributed by atoms with Crippen LogP contribution in [-0.4, -0.2) is 32.6 Å². The predicted octanol–water partition coefficient (Wildman–Crippen LogP) is 1.89. The highest BCUT2D eigenvalue weighted by Gasteiger charge is 2.43. The van der Waals surface area contributed by atoms with E-state index >= 15 is 0 Å². The molecule has 5 nitrogen and oxygen atoms in total. The molecule has 0 radical (unpaired) electrons. The highest BCUT2D eigenvalue weighted by atomic mass is 16.7. The molecule has 1 aromatic carbocycles. The fourth-order valence-electron chi connectivity index (χ4n) is 2.07. The summed E-state index contributed by atoms with van der Waals surface area (Å²) in [6.07, 6.45) is -0.972. The molecule has 0 saturated carbocycles. The van der Waals surface area contributed by atoms with Gasteiger partial charge in [0.25, 0.3) is 0 Å². The fraction of sp³-hybridized carbons (Fsp3) is 0.462. The number of rotatable bonds is 1. The number of hydrogen-bond acceptors (Lipinski definition) is 5. The van der Waals surface area contributed by atoms with Crippen molar-refractivity contribution in [2.45, 2.75) is 6.29 Å². The van der Waals surface area contributed by atoms with Gasteiger partial charge in [-0.15, -0.1) is 0 Å². The van der Waals surface area contributed by atoms with Crippen LogP contribution in [0.3, 0.4) is 0 Å². The van der Waals surface area contributed by atoms with E-state index in [4.69, 9.17) is 18.9 Å². The molecular formula is C13H14O5. The highest BCUT2D eigenvalue weighted by Crippen LogP contribution is 2.34. The van der Waals surface area contributed by atoms with Gasteiger partial charge in [-0.2, -0.15) is 0 Å². The van der Waals surface area contributed by atoms with Crippen molar-refractivity contribution in [2.75, 3.05) is 26.4 Å². The van der Waals surface area contributed by atoms with Gasteiger partial charge in [0.1, 0.15) is 13.2 Å². The van der Waals surface area contributed by atoms with E-state index in [1.54, 1.807) is 0 Å². The van der Waals surface area contributed by atoms with Crippen molar-refractivity contribution in [3.05, 3.63) is 35.9 Å². The SMILES string of the molecule is O=C1OCC2(CO1)COC(c1ccccc1)OC2. The monoisotopic (exact) mass is 250 g/mol. The first kappa shape index (κ1) is 11.5. The molecule has 96 valence electrons. The number of ether oxygens (including phenoxy) is 4. The van der Waals surface area contributed by atoms with E-state index in [-0.39, 0.29) is 24.9 Å². The van der Waals surface area contributed by atoms with Gasteiger partial charge in [-0.1, -0.05) is 30.3 Å². The van der Waals surface area contributed by atoms with E-state index in [1.807, 2.05) is 30.3 Å². The summed E-state index contributed by atoms with van der Waals surface area (Å²) in [5.74, 6) is 0. The Hall–Kier alpha value is -1.59. The van der Waals surface area contributed by atoms with Crippen LogP contribution < -0.4 is 0 Å². The quantitative estimate of drug-likeness (QED) is 0.712. The van der Waals surface area contributed by atoms with Crippen molar-refractivity contribution in [2.24, 2.45) is 5.41 Å². The molecule has 1 spiro atoms. The third-order valence-corrected chi connectivity index (χ3v) is 3.15. The lowest BCUT2D eigenvalue weighted by Crippen LogP contribution is -2.49. The maximum absolute atomic E-state index is 10.8. The van der Waals surface area contributed by atoms with Gasteiger partial charge in [0, 0.05) is 5.56 Å². The number of carbonyl (C=O) groups is 1.